The lowest BCUT2D eigenvalue weighted by Crippen LogP contribution is -2.07. The van der Waals surface area contributed by atoms with E-state index in [4.69, 9.17) is 5.26 Å². The van der Waals surface area contributed by atoms with Crippen molar-refractivity contribution in [2.24, 2.45) is 0 Å². The Labute approximate surface area is 117 Å². The van der Waals surface area contributed by atoms with E-state index in [0.29, 0.717) is 11.6 Å². The van der Waals surface area contributed by atoms with Gasteiger partial charge in [0.15, 0.2) is 0 Å². The van der Waals surface area contributed by atoms with Gasteiger partial charge in [-0.05, 0) is 19.1 Å². The molecule has 0 saturated heterocycles. The number of nitrogens with one attached hydrogen (secondary N) is 1. The molecule has 0 fully saturated rings. The summed E-state index contributed by atoms with van der Waals surface area (Å²) >= 11 is 1.69. The number of nitriles is 1. The Balaban J connectivity index is 2.07. The molecule has 2 rings (SSSR count). The van der Waals surface area contributed by atoms with E-state index in [0.717, 1.165) is 16.4 Å². The zero-order valence-corrected chi connectivity index (χ0v) is 12.0. The Morgan fingerprint density at radius 1 is 1.32 bits per heavy atom. The summed E-state index contributed by atoms with van der Waals surface area (Å²) in [6.45, 7) is 6.36. The van der Waals surface area contributed by atoms with Gasteiger partial charge in [-0.3, -0.25) is 0 Å². The predicted molar refractivity (Wildman–Crippen MR) is 77.2 cm³/mol. The van der Waals surface area contributed by atoms with Crippen LogP contribution in [0.15, 0.2) is 23.7 Å². The number of thiazole rings is 1. The van der Waals surface area contributed by atoms with E-state index in [-0.39, 0.29) is 6.04 Å². The van der Waals surface area contributed by atoms with E-state index >= 15 is 0 Å². The van der Waals surface area contributed by atoms with Crippen LogP contribution in [0.4, 0.5) is 5.69 Å². The molecule has 1 atom stereocenters. The third-order valence-corrected chi connectivity index (χ3v) is 3.90. The number of nitrogens with zero attached hydrogens (tertiary/aromatic N) is 3. The SMILES string of the molecule is CC(C)c1nc([C@@H](C)Nc2ccc(C#N)nc2)cs1. The first-order chi connectivity index (χ1) is 9.10. The number of rotatable bonds is 4. The van der Waals surface area contributed by atoms with Crippen LogP contribution in [0, 0.1) is 11.3 Å². The van der Waals surface area contributed by atoms with Crippen LogP contribution < -0.4 is 5.32 Å². The first kappa shape index (κ1) is 13.5. The molecule has 2 aromatic rings. The Bertz CT molecular complexity index is 580. The van der Waals surface area contributed by atoms with Crippen LogP contribution in [-0.4, -0.2) is 9.97 Å². The molecule has 0 aliphatic rings. The lowest BCUT2D eigenvalue weighted by molar-refractivity contribution is 0.801. The van der Waals surface area contributed by atoms with Crippen molar-refractivity contribution in [2.45, 2.75) is 32.7 Å². The molecule has 4 nitrogen and oxygen atoms in total. The van der Waals surface area contributed by atoms with Crippen LogP contribution in [0.2, 0.25) is 0 Å². The Kier molecular flexibility index (Phi) is 4.13. The van der Waals surface area contributed by atoms with Crippen molar-refractivity contribution >= 4 is 17.0 Å². The van der Waals surface area contributed by atoms with Crippen LogP contribution in [0.1, 0.15) is 49.1 Å². The van der Waals surface area contributed by atoms with Gasteiger partial charge in [-0.1, -0.05) is 13.8 Å². The summed E-state index contributed by atoms with van der Waals surface area (Å²) in [6.07, 6.45) is 1.67. The summed E-state index contributed by atoms with van der Waals surface area (Å²) in [5.41, 5.74) is 2.36. The van der Waals surface area contributed by atoms with Gasteiger partial charge < -0.3 is 5.32 Å². The van der Waals surface area contributed by atoms with Crippen LogP contribution in [0.25, 0.3) is 0 Å². The fourth-order valence-electron chi connectivity index (χ4n) is 1.63. The van der Waals surface area contributed by atoms with Gasteiger partial charge in [0.2, 0.25) is 0 Å². The van der Waals surface area contributed by atoms with E-state index in [2.05, 4.69) is 41.4 Å². The molecule has 0 radical (unpaired) electrons. The highest BCUT2D eigenvalue weighted by Crippen LogP contribution is 2.24. The van der Waals surface area contributed by atoms with E-state index < -0.39 is 0 Å². The summed E-state index contributed by atoms with van der Waals surface area (Å²) in [5.74, 6) is 0.461. The van der Waals surface area contributed by atoms with Crippen molar-refractivity contribution in [3.8, 4) is 6.07 Å². The van der Waals surface area contributed by atoms with Gasteiger partial charge in [-0.2, -0.15) is 5.26 Å². The molecule has 0 aliphatic heterocycles. The van der Waals surface area contributed by atoms with Crippen LogP contribution in [0.5, 0.6) is 0 Å². The molecule has 98 valence electrons. The molecule has 0 saturated carbocycles. The topological polar surface area (TPSA) is 61.6 Å². The van der Waals surface area contributed by atoms with Crippen molar-refractivity contribution in [1.82, 2.24) is 9.97 Å². The Morgan fingerprint density at radius 2 is 2.11 bits per heavy atom. The van der Waals surface area contributed by atoms with Crippen molar-refractivity contribution < 1.29 is 0 Å². The second-order valence-electron chi connectivity index (χ2n) is 4.68. The average molecular weight is 272 g/mol. The highest BCUT2D eigenvalue weighted by Gasteiger charge is 2.11. The number of hydrogen-bond donors (Lipinski definition) is 1. The third-order valence-electron chi connectivity index (χ3n) is 2.74. The molecular weight excluding hydrogens is 256 g/mol. The number of hydrogen-bond acceptors (Lipinski definition) is 5. The third kappa shape index (κ3) is 3.30. The van der Waals surface area contributed by atoms with Gasteiger partial charge in [0.1, 0.15) is 11.8 Å². The first-order valence-electron chi connectivity index (χ1n) is 6.18. The maximum absolute atomic E-state index is 8.70. The quantitative estimate of drug-likeness (QED) is 0.921. The van der Waals surface area contributed by atoms with Gasteiger partial charge in [0.25, 0.3) is 0 Å². The molecule has 2 aromatic heterocycles. The first-order valence-corrected chi connectivity index (χ1v) is 7.06. The number of pyridine rings is 1. The zero-order chi connectivity index (χ0) is 13.8. The molecule has 0 spiro atoms. The maximum Gasteiger partial charge on any atom is 0.140 e. The lowest BCUT2D eigenvalue weighted by Gasteiger charge is -2.12. The monoisotopic (exact) mass is 272 g/mol. The molecule has 19 heavy (non-hydrogen) atoms. The van der Waals surface area contributed by atoms with Gasteiger partial charge in [0.05, 0.1) is 28.6 Å². The van der Waals surface area contributed by atoms with Crippen molar-refractivity contribution in [1.29, 1.82) is 5.26 Å². The smallest absolute Gasteiger partial charge is 0.140 e. The number of aromatic nitrogens is 2. The zero-order valence-electron chi connectivity index (χ0n) is 11.2. The largest absolute Gasteiger partial charge is 0.376 e. The Morgan fingerprint density at radius 3 is 2.63 bits per heavy atom. The van der Waals surface area contributed by atoms with Crippen LogP contribution in [-0.2, 0) is 0 Å². The van der Waals surface area contributed by atoms with Gasteiger partial charge in [0, 0.05) is 11.3 Å². The minimum atomic E-state index is 0.124. The molecular formula is C14H16N4S. The lowest BCUT2D eigenvalue weighted by atomic mass is 10.2. The molecule has 0 bridgehead atoms. The van der Waals surface area contributed by atoms with Gasteiger partial charge >= 0.3 is 0 Å². The van der Waals surface area contributed by atoms with E-state index in [1.807, 2.05) is 12.1 Å². The fraction of sp³-hybridized carbons (Fsp3) is 0.357. The highest BCUT2D eigenvalue weighted by atomic mass is 32.1. The van der Waals surface area contributed by atoms with Crippen LogP contribution in [0.3, 0.4) is 0 Å². The summed E-state index contributed by atoms with van der Waals surface area (Å²) < 4.78 is 0. The minimum Gasteiger partial charge on any atom is -0.376 e. The maximum atomic E-state index is 8.70. The molecule has 5 heteroatoms. The molecule has 0 aliphatic carbocycles. The average Bonchev–Trinajstić information content (AvgIpc) is 2.89. The van der Waals surface area contributed by atoms with Gasteiger partial charge in [-0.15, -0.1) is 11.3 Å². The molecule has 0 amide bonds. The molecule has 2 heterocycles. The number of anilines is 1. The minimum absolute atomic E-state index is 0.124. The Hall–Kier alpha value is -1.93. The second kappa shape index (κ2) is 5.81. The second-order valence-corrected chi connectivity index (χ2v) is 5.56. The van der Waals surface area contributed by atoms with Crippen LogP contribution >= 0.6 is 11.3 Å². The molecule has 0 aromatic carbocycles. The predicted octanol–water partition coefficient (Wildman–Crippen LogP) is 3.71. The molecule has 0 unspecified atom stereocenters. The summed E-state index contributed by atoms with van der Waals surface area (Å²) in [7, 11) is 0. The van der Waals surface area contributed by atoms with Crippen molar-refractivity contribution in [3.05, 3.63) is 40.1 Å². The summed E-state index contributed by atoms with van der Waals surface area (Å²) in [4.78, 5) is 8.66. The summed E-state index contributed by atoms with van der Waals surface area (Å²) in [6, 6.07) is 5.69. The molecule has 1 N–H and O–H groups in total. The van der Waals surface area contributed by atoms with E-state index in [9.17, 15) is 0 Å². The highest BCUT2D eigenvalue weighted by molar-refractivity contribution is 7.09. The van der Waals surface area contributed by atoms with E-state index in [1.165, 1.54) is 0 Å². The van der Waals surface area contributed by atoms with E-state index in [1.54, 1.807) is 23.6 Å². The summed E-state index contributed by atoms with van der Waals surface area (Å²) in [5, 5.41) is 15.3. The van der Waals surface area contributed by atoms with Crippen molar-refractivity contribution in [3.63, 3.8) is 0 Å². The van der Waals surface area contributed by atoms with Crippen molar-refractivity contribution in [2.75, 3.05) is 5.32 Å². The normalized spacial score (nSPS) is 12.2. The fourth-order valence-corrected chi connectivity index (χ4v) is 2.56. The standard InChI is InChI=1S/C14H16N4S/c1-9(2)14-18-13(8-19-14)10(3)17-12-5-4-11(6-15)16-7-12/h4-5,7-10,17H,1-3H3/t10-/m1/s1. The van der Waals surface area contributed by atoms with Gasteiger partial charge in [-0.25, -0.2) is 9.97 Å².